The minimum Gasteiger partial charge on any atom is -0.484 e. The van der Waals surface area contributed by atoms with Gasteiger partial charge in [-0.05, 0) is 48.4 Å². The van der Waals surface area contributed by atoms with Crippen LogP contribution in [0, 0.1) is 6.92 Å². The standard InChI is InChI=1S/C18H17Cl2NO4/c1-11-8-14(6-7-15(11)20)25-10-17(22)21-16(9-18(23)24)12-2-4-13(19)5-3-12/h2-8,16H,9-10H2,1H3,(H,21,22)(H,23,24)/t16-/m1/s1. The highest BCUT2D eigenvalue weighted by atomic mass is 35.5. The van der Waals surface area contributed by atoms with Crippen molar-refractivity contribution in [3.63, 3.8) is 0 Å². The summed E-state index contributed by atoms with van der Waals surface area (Å²) in [6, 6.07) is 11.1. The molecule has 0 radical (unpaired) electrons. The summed E-state index contributed by atoms with van der Waals surface area (Å²) in [5.41, 5.74) is 1.49. The van der Waals surface area contributed by atoms with Gasteiger partial charge in [-0.1, -0.05) is 35.3 Å². The van der Waals surface area contributed by atoms with Crippen molar-refractivity contribution < 1.29 is 19.4 Å². The summed E-state index contributed by atoms with van der Waals surface area (Å²) in [4.78, 5) is 23.2. The first-order valence-electron chi connectivity index (χ1n) is 7.50. The van der Waals surface area contributed by atoms with Crippen molar-refractivity contribution in [3.05, 3.63) is 63.6 Å². The first-order valence-corrected chi connectivity index (χ1v) is 8.26. The Bertz CT molecular complexity index is 762. The van der Waals surface area contributed by atoms with E-state index in [0.29, 0.717) is 21.4 Å². The molecule has 0 saturated heterocycles. The Morgan fingerprint density at radius 2 is 1.84 bits per heavy atom. The van der Waals surface area contributed by atoms with Crippen LogP contribution in [0.2, 0.25) is 10.0 Å². The van der Waals surface area contributed by atoms with Gasteiger partial charge in [-0.15, -0.1) is 0 Å². The molecule has 2 N–H and O–H groups in total. The van der Waals surface area contributed by atoms with Gasteiger partial charge in [0.2, 0.25) is 0 Å². The molecule has 0 heterocycles. The highest BCUT2D eigenvalue weighted by Gasteiger charge is 2.18. The van der Waals surface area contributed by atoms with Crippen LogP contribution in [0.4, 0.5) is 0 Å². The Hall–Kier alpha value is -2.24. The molecule has 0 fully saturated rings. The molecule has 25 heavy (non-hydrogen) atoms. The van der Waals surface area contributed by atoms with E-state index in [-0.39, 0.29) is 13.0 Å². The average molecular weight is 382 g/mol. The van der Waals surface area contributed by atoms with E-state index in [1.165, 1.54) is 0 Å². The average Bonchev–Trinajstić information content (AvgIpc) is 2.55. The van der Waals surface area contributed by atoms with Crippen LogP contribution in [0.5, 0.6) is 5.75 Å². The molecule has 0 aliphatic carbocycles. The first-order chi connectivity index (χ1) is 11.8. The molecule has 7 heteroatoms. The summed E-state index contributed by atoms with van der Waals surface area (Å²) in [5.74, 6) is -0.929. The summed E-state index contributed by atoms with van der Waals surface area (Å²) in [7, 11) is 0. The second-order valence-electron chi connectivity index (χ2n) is 5.47. The number of aryl methyl sites for hydroxylation is 1. The van der Waals surface area contributed by atoms with E-state index in [4.69, 9.17) is 33.0 Å². The fraction of sp³-hybridized carbons (Fsp3) is 0.222. The smallest absolute Gasteiger partial charge is 0.305 e. The summed E-state index contributed by atoms with van der Waals surface area (Å²) >= 11 is 11.8. The zero-order valence-electron chi connectivity index (χ0n) is 13.5. The van der Waals surface area contributed by atoms with E-state index in [9.17, 15) is 9.59 Å². The Morgan fingerprint density at radius 3 is 2.44 bits per heavy atom. The van der Waals surface area contributed by atoms with Gasteiger partial charge in [0, 0.05) is 10.0 Å². The van der Waals surface area contributed by atoms with Crippen LogP contribution in [0.1, 0.15) is 23.6 Å². The second-order valence-corrected chi connectivity index (χ2v) is 6.31. The lowest BCUT2D eigenvalue weighted by molar-refractivity contribution is -0.137. The van der Waals surface area contributed by atoms with Crippen molar-refractivity contribution in [3.8, 4) is 5.75 Å². The number of benzene rings is 2. The highest BCUT2D eigenvalue weighted by Crippen LogP contribution is 2.22. The van der Waals surface area contributed by atoms with Crippen molar-refractivity contribution >= 4 is 35.1 Å². The molecule has 2 rings (SSSR count). The van der Waals surface area contributed by atoms with Crippen molar-refractivity contribution in [1.29, 1.82) is 0 Å². The lowest BCUT2D eigenvalue weighted by Crippen LogP contribution is -2.33. The summed E-state index contributed by atoms with van der Waals surface area (Å²) in [6.07, 6.45) is -0.243. The van der Waals surface area contributed by atoms with Gasteiger partial charge in [-0.25, -0.2) is 0 Å². The van der Waals surface area contributed by atoms with Crippen molar-refractivity contribution in [2.45, 2.75) is 19.4 Å². The van der Waals surface area contributed by atoms with Gasteiger partial charge in [0.25, 0.3) is 5.91 Å². The second kappa shape index (κ2) is 8.74. The van der Waals surface area contributed by atoms with E-state index in [1.54, 1.807) is 42.5 Å². The van der Waals surface area contributed by atoms with Gasteiger partial charge < -0.3 is 15.2 Å². The molecule has 0 saturated carbocycles. The monoisotopic (exact) mass is 381 g/mol. The molecule has 0 aliphatic heterocycles. The summed E-state index contributed by atoms with van der Waals surface area (Å²) < 4.78 is 5.43. The molecule has 132 valence electrons. The van der Waals surface area contributed by atoms with E-state index in [0.717, 1.165) is 5.56 Å². The fourth-order valence-corrected chi connectivity index (χ4v) is 2.46. The molecule has 2 aromatic rings. The number of carboxylic acids is 1. The van der Waals surface area contributed by atoms with Crippen molar-refractivity contribution in [1.82, 2.24) is 5.32 Å². The van der Waals surface area contributed by atoms with Crippen molar-refractivity contribution in [2.75, 3.05) is 6.61 Å². The first kappa shape index (κ1) is 19.1. The number of halogens is 2. The van der Waals surface area contributed by atoms with Crippen LogP contribution >= 0.6 is 23.2 Å². The van der Waals surface area contributed by atoms with E-state index in [1.807, 2.05) is 6.92 Å². The van der Waals surface area contributed by atoms with Gasteiger partial charge in [-0.2, -0.15) is 0 Å². The fourth-order valence-electron chi connectivity index (χ4n) is 2.21. The molecule has 0 spiro atoms. The zero-order valence-corrected chi connectivity index (χ0v) is 15.0. The number of carboxylic acid groups (broad SMARTS) is 1. The number of rotatable bonds is 7. The van der Waals surface area contributed by atoms with Crippen LogP contribution < -0.4 is 10.1 Å². The van der Waals surface area contributed by atoms with Gasteiger partial charge >= 0.3 is 5.97 Å². The predicted octanol–water partition coefficient (Wildman–Crippen LogP) is 4.01. The number of ether oxygens (including phenoxy) is 1. The molecular formula is C18H17Cl2NO4. The SMILES string of the molecule is Cc1cc(OCC(=O)N[C@H](CC(=O)O)c2ccc(Cl)cc2)ccc1Cl. The number of amides is 1. The maximum Gasteiger partial charge on any atom is 0.305 e. The molecular weight excluding hydrogens is 365 g/mol. The Balaban J connectivity index is 1.99. The number of nitrogens with one attached hydrogen (secondary N) is 1. The molecule has 0 aromatic heterocycles. The molecule has 0 unspecified atom stereocenters. The van der Waals surface area contributed by atoms with Gasteiger partial charge in [0.15, 0.2) is 6.61 Å². The minimum atomic E-state index is -1.02. The van der Waals surface area contributed by atoms with Crippen LogP contribution in [-0.4, -0.2) is 23.6 Å². The normalized spacial score (nSPS) is 11.6. The molecule has 1 amide bonds. The Kier molecular flexibility index (Phi) is 6.67. The van der Waals surface area contributed by atoms with E-state index >= 15 is 0 Å². The Labute approximate surface area is 155 Å². The lowest BCUT2D eigenvalue weighted by atomic mass is 10.0. The number of carbonyl (C=O) groups excluding carboxylic acids is 1. The molecule has 2 aromatic carbocycles. The van der Waals surface area contributed by atoms with E-state index in [2.05, 4.69) is 5.32 Å². The van der Waals surface area contributed by atoms with Gasteiger partial charge in [-0.3, -0.25) is 9.59 Å². The third-order valence-corrected chi connectivity index (χ3v) is 4.16. The third-order valence-electron chi connectivity index (χ3n) is 3.49. The van der Waals surface area contributed by atoms with E-state index < -0.39 is 17.9 Å². The maximum atomic E-state index is 12.1. The number of hydrogen-bond donors (Lipinski definition) is 2. The van der Waals surface area contributed by atoms with Crippen LogP contribution in [0.3, 0.4) is 0 Å². The predicted molar refractivity (Wildman–Crippen MR) is 96.3 cm³/mol. The minimum absolute atomic E-state index is 0.231. The quantitative estimate of drug-likeness (QED) is 0.759. The molecule has 0 bridgehead atoms. The van der Waals surface area contributed by atoms with Crippen LogP contribution in [-0.2, 0) is 9.59 Å². The maximum absolute atomic E-state index is 12.1. The zero-order chi connectivity index (χ0) is 18.4. The van der Waals surface area contributed by atoms with Gasteiger partial charge in [0.05, 0.1) is 12.5 Å². The van der Waals surface area contributed by atoms with Crippen molar-refractivity contribution in [2.24, 2.45) is 0 Å². The van der Waals surface area contributed by atoms with Gasteiger partial charge in [0.1, 0.15) is 5.75 Å². The molecule has 1 atom stereocenters. The third kappa shape index (κ3) is 5.96. The lowest BCUT2D eigenvalue weighted by Gasteiger charge is -2.18. The number of hydrogen-bond acceptors (Lipinski definition) is 3. The molecule has 5 nitrogen and oxygen atoms in total. The number of aliphatic carboxylic acids is 1. The summed E-state index contributed by atoms with van der Waals surface area (Å²) in [6.45, 7) is 1.60. The van der Waals surface area contributed by atoms with Crippen LogP contribution in [0.25, 0.3) is 0 Å². The summed E-state index contributed by atoms with van der Waals surface area (Å²) in [5, 5.41) is 12.9. The topological polar surface area (TPSA) is 75.6 Å². The molecule has 0 aliphatic rings. The number of carbonyl (C=O) groups is 2. The Morgan fingerprint density at radius 1 is 1.16 bits per heavy atom. The van der Waals surface area contributed by atoms with Crippen LogP contribution in [0.15, 0.2) is 42.5 Å². The highest BCUT2D eigenvalue weighted by molar-refractivity contribution is 6.31. The largest absolute Gasteiger partial charge is 0.484 e.